The third-order valence-corrected chi connectivity index (χ3v) is 6.98. The fourth-order valence-electron chi connectivity index (χ4n) is 4.20. The number of carbonyl (C=O) groups is 1. The van der Waals surface area contributed by atoms with E-state index in [0.717, 1.165) is 12.1 Å². The zero-order valence-corrected chi connectivity index (χ0v) is 21.0. The second-order valence-corrected chi connectivity index (χ2v) is 9.28. The number of ether oxygens (including phenoxy) is 1. The summed E-state index contributed by atoms with van der Waals surface area (Å²) in [5, 5.41) is 7.43. The molecule has 0 aliphatic carbocycles. The maximum atomic E-state index is 13.7. The first kappa shape index (κ1) is 23.5. The van der Waals surface area contributed by atoms with E-state index in [1.165, 1.54) is 11.3 Å². The highest BCUT2D eigenvalue weighted by Crippen LogP contribution is 2.31. The number of rotatable bonds is 6. The number of thiazole rings is 1. The number of hydrogen-bond donors (Lipinski definition) is 1. The van der Waals surface area contributed by atoms with E-state index in [9.17, 15) is 9.59 Å². The van der Waals surface area contributed by atoms with E-state index in [1.54, 1.807) is 29.4 Å². The molecule has 8 nitrogen and oxygen atoms in total. The minimum Gasteiger partial charge on any atom is -0.497 e. The number of anilines is 1. The molecule has 1 N–H and O–H groups in total. The van der Waals surface area contributed by atoms with Crippen molar-refractivity contribution in [2.75, 3.05) is 12.4 Å². The lowest BCUT2D eigenvalue weighted by molar-refractivity contribution is -0.113. The zero-order valence-electron chi connectivity index (χ0n) is 20.1. The average Bonchev–Trinajstić information content (AvgIpc) is 3.47. The fraction of sp³-hybridized carbons (Fsp3) is 0.185. The highest BCUT2D eigenvalue weighted by Gasteiger charge is 2.32. The maximum absolute atomic E-state index is 13.7. The van der Waals surface area contributed by atoms with Gasteiger partial charge in [0, 0.05) is 18.4 Å². The van der Waals surface area contributed by atoms with Gasteiger partial charge in [-0.25, -0.2) is 4.99 Å². The number of aromatic nitrogens is 3. The van der Waals surface area contributed by atoms with Crippen molar-refractivity contribution in [1.29, 1.82) is 0 Å². The molecule has 0 spiro atoms. The normalized spacial score (nSPS) is 15.4. The number of para-hydroxylation sites is 1. The van der Waals surface area contributed by atoms with Crippen LogP contribution >= 0.6 is 11.3 Å². The van der Waals surface area contributed by atoms with E-state index in [0.29, 0.717) is 37.7 Å². The van der Waals surface area contributed by atoms with Crippen LogP contribution in [0.2, 0.25) is 0 Å². The van der Waals surface area contributed by atoms with Crippen molar-refractivity contribution in [2.24, 2.45) is 4.99 Å². The summed E-state index contributed by atoms with van der Waals surface area (Å²) in [5.41, 5.74) is 2.90. The topological polar surface area (TPSA) is 90.5 Å². The molecule has 9 heteroatoms. The molecule has 1 amide bonds. The molecule has 2 aromatic heterocycles. The van der Waals surface area contributed by atoms with Gasteiger partial charge in [0.2, 0.25) is 0 Å². The largest absolute Gasteiger partial charge is 0.497 e. The lowest BCUT2D eigenvalue weighted by atomic mass is 9.95. The number of amides is 1. The Morgan fingerprint density at radius 3 is 2.56 bits per heavy atom. The molecule has 4 aromatic rings. The summed E-state index contributed by atoms with van der Waals surface area (Å²) < 4.78 is 9.23. The molecular weight excluding hydrogens is 474 g/mol. The average molecular weight is 500 g/mol. The van der Waals surface area contributed by atoms with Crippen LogP contribution in [0, 0.1) is 0 Å². The van der Waals surface area contributed by atoms with E-state index in [4.69, 9.17) is 4.74 Å². The van der Waals surface area contributed by atoms with Crippen molar-refractivity contribution >= 4 is 29.0 Å². The van der Waals surface area contributed by atoms with Crippen molar-refractivity contribution in [1.82, 2.24) is 14.3 Å². The SMILES string of the molecule is CCn1ccc(C=c2sc3n(c2=O)C(c2ccc(OC)cc2)C(C(=O)Nc2ccccc2)=C(C)N=3)n1. The van der Waals surface area contributed by atoms with Gasteiger partial charge in [-0.3, -0.25) is 18.8 Å². The van der Waals surface area contributed by atoms with E-state index in [2.05, 4.69) is 15.4 Å². The summed E-state index contributed by atoms with van der Waals surface area (Å²) in [4.78, 5) is 32.5. The van der Waals surface area contributed by atoms with Crippen molar-refractivity contribution in [3.05, 3.63) is 109 Å². The van der Waals surface area contributed by atoms with Crippen LogP contribution in [-0.4, -0.2) is 27.4 Å². The number of methoxy groups -OCH3 is 1. The van der Waals surface area contributed by atoms with E-state index in [-0.39, 0.29) is 11.5 Å². The first-order chi connectivity index (χ1) is 17.5. The highest BCUT2D eigenvalue weighted by molar-refractivity contribution is 7.07. The Labute approximate surface area is 211 Å². The predicted molar refractivity (Wildman–Crippen MR) is 140 cm³/mol. The Hall–Kier alpha value is -4.24. The van der Waals surface area contributed by atoms with Gasteiger partial charge in [-0.2, -0.15) is 5.10 Å². The Bertz CT molecular complexity index is 1630. The number of hydrogen-bond acceptors (Lipinski definition) is 6. The van der Waals surface area contributed by atoms with Crippen LogP contribution in [0.5, 0.6) is 5.75 Å². The third-order valence-electron chi connectivity index (χ3n) is 5.99. The highest BCUT2D eigenvalue weighted by atomic mass is 32.1. The number of benzene rings is 2. The molecule has 1 aliphatic rings. The van der Waals surface area contributed by atoms with Gasteiger partial charge < -0.3 is 10.1 Å². The van der Waals surface area contributed by atoms with Crippen LogP contribution in [-0.2, 0) is 11.3 Å². The summed E-state index contributed by atoms with van der Waals surface area (Å²) in [6, 6.07) is 17.8. The summed E-state index contributed by atoms with van der Waals surface area (Å²) >= 11 is 1.29. The van der Waals surface area contributed by atoms with Gasteiger partial charge in [-0.1, -0.05) is 41.7 Å². The minimum atomic E-state index is -0.647. The van der Waals surface area contributed by atoms with Crippen molar-refractivity contribution in [3.8, 4) is 5.75 Å². The molecule has 0 radical (unpaired) electrons. The Morgan fingerprint density at radius 1 is 1.14 bits per heavy atom. The predicted octanol–water partition coefficient (Wildman–Crippen LogP) is 3.10. The molecule has 0 bridgehead atoms. The van der Waals surface area contributed by atoms with Gasteiger partial charge in [-0.05, 0) is 55.8 Å². The van der Waals surface area contributed by atoms with Gasteiger partial charge in [0.1, 0.15) is 5.75 Å². The Kier molecular flexibility index (Phi) is 6.39. The number of nitrogens with one attached hydrogen (secondary N) is 1. The molecule has 36 heavy (non-hydrogen) atoms. The van der Waals surface area contributed by atoms with E-state index >= 15 is 0 Å². The lowest BCUT2D eigenvalue weighted by Gasteiger charge is -2.25. The first-order valence-corrected chi connectivity index (χ1v) is 12.4. The molecule has 0 saturated carbocycles. The van der Waals surface area contributed by atoms with Gasteiger partial charge in [0.15, 0.2) is 4.80 Å². The second-order valence-electron chi connectivity index (χ2n) is 8.27. The number of nitrogens with zero attached hydrogens (tertiary/aromatic N) is 4. The number of aryl methyl sites for hydroxylation is 1. The smallest absolute Gasteiger partial charge is 0.271 e. The Balaban J connectivity index is 1.66. The maximum Gasteiger partial charge on any atom is 0.271 e. The number of fused-ring (bicyclic) bond motifs is 1. The number of allylic oxidation sites excluding steroid dienone is 1. The third kappa shape index (κ3) is 4.40. The van der Waals surface area contributed by atoms with Crippen LogP contribution in [0.15, 0.2) is 87.9 Å². The van der Waals surface area contributed by atoms with Crippen LogP contribution in [0.25, 0.3) is 6.08 Å². The van der Waals surface area contributed by atoms with Gasteiger partial charge in [0.25, 0.3) is 11.5 Å². The van der Waals surface area contributed by atoms with Crippen LogP contribution in [0.4, 0.5) is 5.69 Å². The second kappa shape index (κ2) is 9.79. The van der Waals surface area contributed by atoms with Crippen LogP contribution in [0.1, 0.15) is 31.1 Å². The molecule has 1 aliphatic heterocycles. The van der Waals surface area contributed by atoms with Crippen LogP contribution in [0.3, 0.4) is 0 Å². The summed E-state index contributed by atoms with van der Waals surface area (Å²) in [7, 11) is 1.60. The molecule has 182 valence electrons. The number of carbonyl (C=O) groups excluding carboxylic acids is 1. The monoisotopic (exact) mass is 499 g/mol. The summed E-state index contributed by atoms with van der Waals surface area (Å²) in [6.45, 7) is 4.55. The molecular formula is C27H25N5O3S. The molecule has 5 rings (SSSR count). The van der Waals surface area contributed by atoms with Gasteiger partial charge >= 0.3 is 0 Å². The van der Waals surface area contributed by atoms with Gasteiger partial charge in [-0.15, -0.1) is 0 Å². The van der Waals surface area contributed by atoms with Crippen LogP contribution < -0.4 is 24.9 Å². The standard InChI is InChI=1S/C27H25N5O3S/c1-4-31-15-14-20(30-31)16-22-26(34)32-24(18-10-12-21(35-3)13-11-18)23(17(2)28-27(32)36-22)25(33)29-19-8-6-5-7-9-19/h5-16,24H,4H2,1-3H3,(H,29,33). The van der Waals surface area contributed by atoms with Crippen molar-refractivity contribution < 1.29 is 9.53 Å². The van der Waals surface area contributed by atoms with Crippen molar-refractivity contribution in [2.45, 2.75) is 26.4 Å². The first-order valence-electron chi connectivity index (χ1n) is 11.5. The lowest BCUT2D eigenvalue weighted by Crippen LogP contribution is -2.40. The van der Waals surface area contributed by atoms with Gasteiger partial charge in [0.05, 0.1) is 34.6 Å². The molecule has 3 heterocycles. The molecule has 0 saturated heterocycles. The van der Waals surface area contributed by atoms with Crippen molar-refractivity contribution in [3.63, 3.8) is 0 Å². The summed E-state index contributed by atoms with van der Waals surface area (Å²) in [6.07, 6.45) is 3.64. The molecule has 1 unspecified atom stereocenters. The minimum absolute atomic E-state index is 0.219. The van der Waals surface area contributed by atoms with E-state index < -0.39 is 6.04 Å². The van der Waals surface area contributed by atoms with E-state index in [1.807, 2.05) is 73.8 Å². The Morgan fingerprint density at radius 2 is 1.89 bits per heavy atom. The molecule has 2 aromatic carbocycles. The fourth-order valence-corrected chi connectivity index (χ4v) is 5.23. The summed E-state index contributed by atoms with van der Waals surface area (Å²) in [5.74, 6) is 0.382. The molecule has 0 fully saturated rings. The molecule has 1 atom stereocenters. The zero-order chi connectivity index (χ0) is 25.2. The quantitative estimate of drug-likeness (QED) is 0.442.